The van der Waals surface area contributed by atoms with Gasteiger partial charge in [0.2, 0.25) is 0 Å². The number of fused-ring (bicyclic) bond motifs is 2. The van der Waals surface area contributed by atoms with Gasteiger partial charge >= 0.3 is 0 Å². The second-order valence-electron chi connectivity index (χ2n) is 7.25. The molecule has 5 aromatic rings. The molecule has 0 aliphatic heterocycles. The number of hydrogen-bond donors (Lipinski definition) is 0. The van der Waals surface area contributed by atoms with E-state index >= 15 is 0 Å². The minimum Gasteiger partial charge on any atom is -0.0622 e. The van der Waals surface area contributed by atoms with Crippen molar-refractivity contribution >= 4 is 21.5 Å². The normalized spacial score (nSPS) is 11.2. The highest BCUT2D eigenvalue weighted by molar-refractivity contribution is 6.11. The Morgan fingerprint density at radius 2 is 1.07 bits per heavy atom. The van der Waals surface area contributed by atoms with Gasteiger partial charge in [0.05, 0.1) is 0 Å². The van der Waals surface area contributed by atoms with Gasteiger partial charge in [0.25, 0.3) is 0 Å². The van der Waals surface area contributed by atoms with Crippen LogP contribution in [0.2, 0.25) is 0 Å². The summed E-state index contributed by atoms with van der Waals surface area (Å²) in [4.78, 5) is 0. The summed E-state index contributed by atoms with van der Waals surface area (Å²) >= 11 is 0. The first kappa shape index (κ1) is 16.8. The average Bonchev–Trinajstić information content (AvgIpc) is 2.78. The van der Waals surface area contributed by atoms with Crippen LogP contribution in [0.4, 0.5) is 0 Å². The largest absolute Gasteiger partial charge is 0.0622 e. The van der Waals surface area contributed by atoms with E-state index in [1.165, 1.54) is 49.4 Å². The molecule has 0 atom stereocenters. The highest BCUT2D eigenvalue weighted by Crippen LogP contribution is 2.42. The molecule has 0 bridgehead atoms. The fraction of sp³-hybridized carbons (Fsp3) is 0.0714. The Balaban J connectivity index is 1.98. The van der Waals surface area contributed by atoms with Gasteiger partial charge in [0.1, 0.15) is 0 Å². The average molecular weight is 358 g/mol. The highest BCUT2D eigenvalue weighted by atomic mass is 14.2. The molecule has 28 heavy (non-hydrogen) atoms. The zero-order chi connectivity index (χ0) is 18.9. The third kappa shape index (κ3) is 2.70. The van der Waals surface area contributed by atoms with E-state index in [0.29, 0.717) is 0 Å². The molecule has 0 radical (unpaired) electrons. The first-order chi connectivity index (χ1) is 13.9. The Morgan fingerprint density at radius 3 is 1.75 bits per heavy atom. The van der Waals surface area contributed by atoms with Crippen LogP contribution >= 0.6 is 0 Å². The molecule has 0 unspecified atom stereocenters. The summed E-state index contributed by atoms with van der Waals surface area (Å²) in [5.41, 5.74) is 6.67. The van der Waals surface area contributed by atoms with Crippen molar-refractivity contribution < 1.29 is 0 Å². The van der Waals surface area contributed by atoms with E-state index in [1.54, 1.807) is 0 Å². The lowest BCUT2D eigenvalue weighted by Crippen LogP contribution is -1.94. The SMILES string of the molecule is CCc1ccc2ccccc2c1-c1c(-c2ccccc2)ccc2ccccc12. The van der Waals surface area contributed by atoms with Crippen LogP contribution in [0.5, 0.6) is 0 Å². The molecule has 0 nitrogen and oxygen atoms in total. The van der Waals surface area contributed by atoms with Gasteiger partial charge in [-0.25, -0.2) is 0 Å². The van der Waals surface area contributed by atoms with E-state index in [-0.39, 0.29) is 0 Å². The standard InChI is InChI=1S/C28H22/c1-2-20-16-17-22-12-6-8-14-24(22)27(20)28-25-15-9-7-13-23(25)18-19-26(28)21-10-4-3-5-11-21/h3-19H,2H2,1H3. The zero-order valence-corrected chi connectivity index (χ0v) is 16.0. The van der Waals surface area contributed by atoms with E-state index in [4.69, 9.17) is 0 Å². The summed E-state index contributed by atoms with van der Waals surface area (Å²) in [6.45, 7) is 2.25. The van der Waals surface area contributed by atoms with E-state index in [2.05, 4.69) is 110 Å². The quantitative estimate of drug-likeness (QED) is 0.307. The van der Waals surface area contributed by atoms with Gasteiger partial charge in [0.15, 0.2) is 0 Å². The molecule has 0 aliphatic rings. The molecule has 0 heteroatoms. The lowest BCUT2D eigenvalue weighted by molar-refractivity contribution is 1.15. The fourth-order valence-electron chi connectivity index (χ4n) is 4.31. The summed E-state index contributed by atoms with van der Waals surface area (Å²) in [5.74, 6) is 0. The van der Waals surface area contributed by atoms with Crippen molar-refractivity contribution in [2.75, 3.05) is 0 Å². The minimum absolute atomic E-state index is 1.01. The van der Waals surface area contributed by atoms with Crippen LogP contribution in [0.25, 0.3) is 43.8 Å². The van der Waals surface area contributed by atoms with Gasteiger partial charge in [0, 0.05) is 0 Å². The summed E-state index contributed by atoms with van der Waals surface area (Å²) < 4.78 is 0. The molecule has 0 aliphatic carbocycles. The Hall–Kier alpha value is -3.38. The van der Waals surface area contributed by atoms with Crippen molar-refractivity contribution in [2.45, 2.75) is 13.3 Å². The first-order valence-electron chi connectivity index (χ1n) is 9.95. The van der Waals surface area contributed by atoms with Gasteiger partial charge in [-0.15, -0.1) is 0 Å². The number of aryl methyl sites for hydroxylation is 1. The second-order valence-corrected chi connectivity index (χ2v) is 7.25. The second kappa shape index (κ2) is 6.98. The predicted octanol–water partition coefficient (Wildman–Crippen LogP) is 7.89. The van der Waals surface area contributed by atoms with Gasteiger partial charge in [-0.2, -0.15) is 0 Å². The third-order valence-electron chi connectivity index (χ3n) is 5.66. The highest BCUT2D eigenvalue weighted by Gasteiger charge is 2.16. The Morgan fingerprint density at radius 1 is 0.500 bits per heavy atom. The van der Waals surface area contributed by atoms with Crippen LogP contribution in [-0.4, -0.2) is 0 Å². The van der Waals surface area contributed by atoms with Crippen LogP contribution in [0.3, 0.4) is 0 Å². The van der Waals surface area contributed by atoms with Gasteiger partial charge < -0.3 is 0 Å². The minimum atomic E-state index is 1.01. The molecule has 0 saturated carbocycles. The molecular formula is C28H22. The smallest absolute Gasteiger partial charge is 0.00178 e. The monoisotopic (exact) mass is 358 g/mol. The van der Waals surface area contributed by atoms with Crippen molar-refractivity contribution in [1.82, 2.24) is 0 Å². The summed E-state index contributed by atoms with van der Waals surface area (Å²) in [6.07, 6.45) is 1.01. The van der Waals surface area contributed by atoms with Crippen LogP contribution in [0, 0.1) is 0 Å². The molecule has 5 rings (SSSR count). The molecule has 0 heterocycles. The van der Waals surface area contributed by atoms with E-state index < -0.39 is 0 Å². The van der Waals surface area contributed by atoms with Crippen LogP contribution < -0.4 is 0 Å². The molecule has 0 N–H and O–H groups in total. The topological polar surface area (TPSA) is 0 Å². The summed E-state index contributed by atoms with van der Waals surface area (Å²) in [6, 6.07) is 37.3. The maximum absolute atomic E-state index is 2.30. The molecule has 5 aromatic carbocycles. The van der Waals surface area contributed by atoms with Crippen molar-refractivity contribution in [3.8, 4) is 22.3 Å². The van der Waals surface area contributed by atoms with Crippen molar-refractivity contribution in [3.63, 3.8) is 0 Å². The maximum Gasteiger partial charge on any atom is -0.00178 e. The molecule has 0 aromatic heterocycles. The summed E-state index contributed by atoms with van der Waals surface area (Å²) in [5, 5.41) is 5.22. The third-order valence-corrected chi connectivity index (χ3v) is 5.66. The molecule has 0 saturated heterocycles. The van der Waals surface area contributed by atoms with Crippen LogP contribution in [0.15, 0.2) is 103 Å². The van der Waals surface area contributed by atoms with Crippen molar-refractivity contribution in [1.29, 1.82) is 0 Å². The van der Waals surface area contributed by atoms with Gasteiger partial charge in [-0.05, 0) is 55.8 Å². The Bertz CT molecular complexity index is 1280. The zero-order valence-electron chi connectivity index (χ0n) is 16.0. The molecule has 0 spiro atoms. The lowest BCUT2D eigenvalue weighted by Gasteiger charge is -2.19. The van der Waals surface area contributed by atoms with Crippen molar-refractivity contribution in [2.24, 2.45) is 0 Å². The van der Waals surface area contributed by atoms with E-state index in [0.717, 1.165) is 6.42 Å². The maximum atomic E-state index is 2.30. The fourth-order valence-corrected chi connectivity index (χ4v) is 4.31. The molecular weight excluding hydrogens is 336 g/mol. The molecule has 0 fully saturated rings. The Labute approximate surface area is 166 Å². The van der Waals surface area contributed by atoms with Crippen LogP contribution in [0.1, 0.15) is 12.5 Å². The first-order valence-corrected chi connectivity index (χ1v) is 9.95. The van der Waals surface area contributed by atoms with E-state index in [9.17, 15) is 0 Å². The lowest BCUT2D eigenvalue weighted by atomic mass is 9.84. The van der Waals surface area contributed by atoms with Gasteiger partial charge in [-0.1, -0.05) is 110 Å². The molecule has 134 valence electrons. The predicted molar refractivity (Wildman–Crippen MR) is 122 cm³/mol. The number of rotatable bonds is 3. The van der Waals surface area contributed by atoms with Gasteiger partial charge in [-0.3, -0.25) is 0 Å². The number of hydrogen-bond acceptors (Lipinski definition) is 0. The number of benzene rings is 5. The van der Waals surface area contributed by atoms with Crippen LogP contribution in [-0.2, 0) is 6.42 Å². The summed E-state index contributed by atoms with van der Waals surface area (Å²) in [7, 11) is 0. The van der Waals surface area contributed by atoms with E-state index in [1.807, 2.05) is 0 Å². The molecule has 0 amide bonds. The van der Waals surface area contributed by atoms with Crippen molar-refractivity contribution in [3.05, 3.63) is 109 Å². The Kier molecular flexibility index (Phi) is 4.18.